The minimum absolute atomic E-state index is 0.134. The molecule has 0 heterocycles. The summed E-state index contributed by atoms with van der Waals surface area (Å²) in [6.45, 7) is 0. The van der Waals surface area contributed by atoms with E-state index in [0.29, 0.717) is 19.3 Å². The monoisotopic (exact) mass is 301 g/mol. The summed E-state index contributed by atoms with van der Waals surface area (Å²) in [5.74, 6) is -2.84. The fourth-order valence-electron chi connectivity index (χ4n) is 3.93. The van der Waals surface area contributed by atoms with Crippen LogP contribution in [0.25, 0.3) is 0 Å². The van der Waals surface area contributed by atoms with Crippen molar-refractivity contribution >= 4 is 17.7 Å². The Kier molecular flexibility index (Phi) is 2.97. The number of alkyl halides is 2. The molecular weight excluding hydrogens is 284 g/mol. The van der Waals surface area contributed by atoms with Gasteiger partial charge in [0.05, 0.1) is 5.41 Å². The van der Waals surface area contributed by atoms with Gasteiger partial charge in [-0.25, -0.2) is 8.78 Å². The van der Waals surface area contributed by atoms with E-state index in [2.05, 4.69) is 10.9 Å². The summed E-state index contributed by atoms with van der Waals surface area (Å²) < 4.78 is 24.7. The predicted molar refractivity (Wildman–Crippen MR) is 66.4 cm³/mol. The summed E-state index contributed by atoms with van der Waals surface area (Å²) in [5.41, 5.74) is 9.03. The zero-order valence-corrected chi connectivity index (χ0v) is 11.3. The number of nitrogens with two attached hydrogens (primary N) is 1. The van der Waals surface area contributed by atoms with E-state index in [-0.39, 0.29) is 30.1 Å². The molecule has 0 aliphatic heterocycles. The minimum atomic E-state index is -2.50. The Balaban J connectivity index is 1.41. The highest BCUT2D eigenvalue weighted by Crippen LogP contribution is 2.74. The molecule has 4 fully saturated rings. The number of carbonyl (C=O) groups is 3. The summed E-state index contributed by atoms with van der Waals surface area (Å²) >= 11 is 0. The molecule has 21 heavy (non-hydrogen) atoms. The van der Waals surface area contributed by atoms with Crippen LogP contribution < -0.4 is 16.6 Å². The van der Waals surface area contributed by atoms with Crippen molar-refractivity contribution < 1.29 is 23.2 Å². The highest BCUT2D eigenvalue weighted by molar-refractivity contribution is 5.90. The van der Waals surface area contributed by atoms with Crippen molar-refractivity contribution in [3.05, 3.63) is 0 Å². The minimum Gasteiger partial charge on any atom is -0.370 e. The van der Waals surface area contributed by atoms with E-state index in [0.717, 1.165) is 0 Å². The number of hydrazine groups is 1. The largest absolute Gasteiger partial charge is 0.370 e. The van der Waals surface area contributed by atoms with Crippen LogP contribution >= 0.6 is 0 Å². The number of hydrogen-bond acceptors (Lipinski definition) is 3. The fraction of sp³-hybridized carbons (Fsp3) is 0.769. The maximum atomic E-state index is 12.3. The van der Waals surface area contributed by atoms with Crippen LogP contribution in [0, 0.1) is 22.7 Å². The topological polar surface area (TPSA) is 101 Å². The van der Waals surface area contributed by atoms with Crippen molar-refractivity contribution in [1.82, 2.24) is 10.9 Å². The van der Waals surface area contributed by atoms with E-state index in [4.69, 9.17) is 5.73 Å². The number of halogens is 2. The Hall–Kier alpha value is -1.73. The second-order valence-corrected chi connectivity index (χ2v) is 6.74. The maximum absolute atomic E-state index is 12.3. The Bertz CT molecular complexity index is 503. The molecule has 0 aromatic rings. The van der Waals surface area contributed by atoms with Gasteiger partial charge in [0.25, 0.3) is 0 Å². The quantitative estimate of drug-likeness (QED) is 0.627. The van der Waals surface area contributed by atoms with E-state index in [1.807, 2.05) is 0 Å². The third-order valence-corrected chi connectivity index (χ3v) is 4.97. The highest BCUT2D eigenvalue weighted by Gasteiger charge is 2.71. The van der Waals surface area contributed by atoms with E-state index in [1.54, 1.807) is 0 Å². The lowest BCUT2D eigenvalue weighted by molar-refractivity contribution is -0.210. The van der Waals surface area contributed by atoms with Gasteiger partial charge in [-0.15, -0.1) is 0 Å². The van der Waals surface area contributed by atoms with Crippen LogP contribution in [0.4, 0.5) is 8.78 Å². The lowest BCUT2D eigenvalue weighted by Crippen LogP contribution is -2.69. The first-order valence-electron chi connectivity index (χ1n) is 6.94. The molecular formula is C13H17F2N3O3. The van der Waals surface area contributed by atoms with E-state index in [9.17, 15) is 23.2 Å². The van der Waals surface area contributed by atoms with Crippen molar-refractivity contribution in [2.45, 2.75) is 38.5 Å². The molecule has 0 aromatic heterocycles. The Labute approximate surface area is 119 Å². The summed E-state index contributed by atoms with van der Waals surface area (Å²) in [7, 11) is 0. The number of primary amides is 1. The molecule has 2 atom stereocenters. The van der Waals surface area contributed by atoms with E-state index in [1.165, 1.54) is 0 Å². The number of hydrogen-bond donors (Lipinski definition) is 3. The number of rotatable bonds is 5. The van der Waals surface area contributed by atoms with Crippen LogP contribution in [0.15, 0.2) is 0 Å². The molecule has 3 amide bonds. The van der Waals surface area contributed by atoms with Crippen LogP contribution in [0.1, 0.15) is 32.1 Å². The molecule has 116 valence electrons. The van der Waals surface area contributed by atoms with E-state index < -0.39 is 29.6 Å². The molecule has 0 radical (unpaired) electrons. The van der Waals surface area contributed by atoms with Crippen LogP contribution in [0.5, 0.6) is 0 Å². The van der Waals surface area contributed by atoms with Crippen molar-refractivity contribution in [2.75, 3.05) is 0 Å². The van der Waals surface area contributed by atoms with Gasteiger partial charge in [-0.3, -0.25) is 25.2 Å². The number of carbonyl (C=O) groups excluding carboxylic acids is 3. The van der Waals surface area contributed by atoms with Crippen LogP contribution in [-0.4, -0.2) is 24.1 Å². The second-order valence-electron chi connectivity index (χ2n) is 6.74. The zero-order valence-electron chi connectivity index (χ0n) is 11.3. The van der Waals surface area contributed by atoms with Gasteiger partial charge in [0.1, 0.15) is 0 Å². The number of amides is 3. The first kappa shape index (κ1) is 14.2. The molecule has 4 aliphatic rings. The molecule has 4 saturated carbocycles. The van der Waals surface area contributed by atoms with Crippen LogP contribution in [-0.2, 0) is 14.4 Å². The number of nitrogens with one attached hydrogen (secondary N) is 2. The lowest BCUT2D eigenvalue weighted by Gasteiger charge is -2.69. The molecule has 4 rings (SSSR count). The average Bonchev–Trinajstić information content (AvgIpc) is 3.08. The summed E-state index contributed by atoms with van der Waals surface area (Å²) in [6, 6.07) is 0. The first-order valence-corrected chi connectivity index (χ1v) is 6.94. The van der Waals surface area contributed by atoms with Gasteiger partial charge in [-0.05, 0) is 31.1 Å². The summed E-state index contributed by atoms with van der Waals surface area (Å²) in [4.78, 5) is 34.4. The first-order chi connectivity index (χ1) is 9.77. The third kappa shape index (κ3) is 2.26. The molecule has 0 aromatic carbocycles. The zero-order chi connectivity index (χ0) is 15.4. The van der Waals surface area contributed by atoms with Crippen molar-refractivity contribution in [3.8, 4) is 0 Å². The van der Waals surface area contributed by atoms with Gasteiger partial charge in [-0.2, -0.15) is 0 Å². The van der Waals surface area contributed by atoms with Crippen LogP contribution in [0.3, 0.4) is 0 Å². The SMILES string of the molecule is NC(=O)CC12CC(C(=O)NNC(=O)C3CC3C(F)F)(C1)C2. The average molecular weight is 301 g/mol. The Morgan fingerprint density at radius 2 is 1.81 bits per heavy atom. The predicted octanol–water partition coefficient (Wildman–Crippen LogP) is 0.0807. The normalized spacial score (nSPS) is 39.0. The third-order valence-electron chi connectivity index (χ3n) is 4.97. The Morgan fingerprint density at radius 1 is 1.19 bits per heavy atom. The maximum Gasteiger partial charge on any atom is 0.244 e. The summed E-state index contributed by atoms with van der Waals surface area (Å²) in [5, 5.41) is 0. The molecule has 0 spiro atoms. The van der Waals surface area contributed by atoms with Gasteiger partial charge in [0.2, 0.25) is 24.1 Å². The lowest BCUT2D eigenvalue weighted by atomic mass is 9.34. The fourth-order valence-corrected chi connectivity index (χ4v) is 3.93. The van der Waals surface area contributed by atoms with Crippen molar-refractivity contribution in [3.63, 3.8) is 0 Å². The highest BCUT2D eigenvalue weighted by atomic mass is 19.3. The van der Waals surface area contributed by atoms with Crippen molar-refractivity contribution in [1.29, 1.82) is 0 Å². The molecule has 6 nitrogen and oxygen atoms in total. The molecule has 0 saturated heterocycles. The standard InChI is InChI=1S/C13H17F2N3O3/c14-9(15)6-1-7(6)10(20)17-18-11(21)13-3-12(4-13,5-13)2-8(16)19/h6-7,9H,1-5H2,(H2,16,19)(H,17,20)(H,18,21). The van der Waals surface area contributed by atoms with E-state index >= 15 is 0 Å². The summed E-state index contributed by atoms with van der Waals surface area (Å²) in [6.07, 6.45) is -0.281. The van der Waals surface area contributed by atoms with Gasteiger partial charge < -0.3 is 5.73 Å². The molecule has 4 N–H and O–H groups in total. The van der Waals surface area contributed by atoms with Gasteiger partial charge in [0.15, 0.2) is 0 Å². The molecule has 2 bridgehead atoms. The van der Waals surface area contributed by atoms with Gasteiger partial charge >= 0.3 is 0 Å². The molecule has 4 aliphatic carbocycles. The van der Waals surface area contributed by atoms with Gasteiger partial charge in [0, 0.05) is 18.3 Å². The van der Waals surface area contributed by atoms with Gasteiger partial charge in [-0.1, -0.05) is 0 Å². The molecule has 2 unspecified atom stereocenters. The van der Waals surface area contributed by atoms with Crippen LogP contribution in [0.2, 0.25) is 0 Å². The Morgan fingerprint density at radius 3 is 2.29 bits per heavy atom. The smallest absolute Gasteiger partial charge is 0.244 e. The second kappa shape index (κ2) is 4.38. The molecule has 8 heteroatoms. The van der Waals surface area contributed by atoms with Crippen molar-refractivity contribution in [2.24, 2.45) is 28.4 Å².